The number of hydrogen-bond donors (Lipinski definition) is 1. The number of nitrogens with zero attached hydrogens (tertiary/aromatic N) is 6. The molecule has 1 N–H and O–H groups in total. The van der Waals surface area contributed by atoms with Crippen LogP contribution >= 0.6 is 0 Å². The van der Waals surface area contributed by atoms with Gasteiger partial charge in [0.2, 0.25) is 5.91 Å². The van der Waals surface area contributed by atoms with E-state index in [1.165, 1.54) is 0 Å². The molecule has 0 aliphatic carbocycles. The highest BCUT2D eigenvalue weighted by Gasteiger charge is 2.33. The van der Waals surface area contributed by atoms with Gasteiger partial charge in [-0.3, -0.25) is 14.7 Å². The molecule has 23 heavy (non-hydrogen) atoms. The normalized spacial score (nSPS) is 18.8. The van der Waals surface area contributed by atoms with Crippen LogP contribution in [-0.4, -0.2) is 50.9 Å². The third kappa shape index (κ3) is 2.64. The Hall–Kier alpha value is -2.51. The Kier molecular flexibility index (Phi) is 3.64. The summed E-state index contributed by atoms with van der Waals surface area (Å²) in [6.45, 7) is 2.39. The van der Waals surface area contributed by atoms with Crippen LogP contribution in [0.3, 0.4) is 0 Å². The molecule has 4 rings (SSSR count). The van der Waals surface area contributed by atoms with Gasteiger partial charge < -0.3 is 4.90 Å². The van der Waals surface area contributed by atoms with Crippen LogP contribution in [0.5, 0.6) is 0 Å². The molecule has 0 unspecified atom stereocenters. The summed E-state index contributed by atoms with van der Waals surface area (Å²) in [7, 11) is 0. The van der Waals surface area contributed by atoms with Crippen LogP contribution in [-0.2, 0) is 11.2 Å². The Labute approximate surface area is 133 Å². The molecule has 1 fully saturated rings. The second-order valence-corrected chi connectivity index (χ2v) is 6.01. The van der Waals surface area contributed by atoms with E-state index in [4.69, 9.17) is 0 Å². The molecule has 120 valence electrons. The van der Waals surface area contributed by atoms with Crippen LogP contribution in [0.15, 0.2) is 18.6 Å². The van der Waals surface area contributed by atoms with Crippen molar-refractivity contribution in [1.29, 1.82) is 0 Å². The van der Waals surface area contributed by atoms with Gasteiger partial charge in [0.05, 0.1) is 6.20 Å². The molecule has 8 heteroatoms. The average molecular weight is 313 g/mol. The molecule has 4 heterocycles. The Bertz CT molecular complexity index is 678. The van der Waals surface area contributed by atoms with Crippen molar-refractivity contribution in [2.75, 3.05) is 29.4 Å². The van der Waals surface area contributed by atoms with Crippen LogP contribution in [0.1, 0.15) is 25.0 Å². The fourth-order valence-electron chi connectivity index (χ4n) is 3.39. The highest BCUT2D eigenvalue weighted by Crippen LogP contribution is 2.28. The molecule has 0 radical (unpaired) electrons. The zero-order valence-corrected chi connectivity index (χ0v) is 12.9. The topological polar surface area (TPSA) is 90.9 Å². The summed E-state index contributed by atoms with van der Waals surface area (Å²) >= 11 is 0. The molecule has 8 nitrogen and oxygen atoms in total. The summed E-state index contributed by atoms with van der Waals surface area (Å²) in [5.74, 6) is 1.83. The summed E-state index contributed by atoms with van der Waals surface area (Å²) in [4.78, 5) is 25.3. The number of carbonyl (C=O) groups excluding carboxylic acids is 1. The third-order valence-corrected chi connectivity index (χ3v) is 4.63. The Morgan fingerprint density at radius 1 is 1.17 bits per heavy atom. The molecule has 2 aromatic rings. The summed E-state index contributed by atoms with van der Waals surface area (Å²) < 4.78 is 0. The summed E-state index contributed by atoms with van der Waals surface area (Å²) in [5, 5.41) is 10.9. The molecule has 0 atom stereocenters. The number of aryl methyl sites for hydroxylation is 1. The van der Waals surface area contributed by atoms with Crippen molar-refractivity contribution in [3.63, 3.8) is 0 Å². The number of piperidine rings is 1. The molecule has 0 bridgehead atoms. The monoisotopic (exact) mass is 313 g/mol. The molecule has 2 aliphatic heterocycles. The lowest BCUT2D eigenvalue weighted by atomic mass is 9.94. The van der Waals surface area contributed by atoms with E-state index >= 15 is 0 Å². The van der Waals surface area contributed by atoms with Crippen LogP contribution in [0.4, 0.5) is 11.6 Å². The maximum Gasteiger partial charge on any atom is 0.231 e. The lowest BCUT2D eigenvalue weighted by molar-refractivity contribution is -0.123. The quantitative estimate of drug-likeness (QED) is 0.881. The predicted molar refractivity (Wildman–Crippen MR) is 84.0 cm³/mol. The maximum absolute atomic E-state index is 12.9. The van der Waals surface area contributed by atoms with Gasteiger partial charge in [0.15, 0.2) is 5.82 Å². The van der Waals surface area contributed by atoms with E-state index < -0.39 is 0 Å². The first-order valence-corrected chi connectivity index (χ1v) is 8.05. The molecular weight excluding hydrogens is 294 g/mol. The number of fused-ring (bicyclic) bond motifs is 1. The van der Waals surface area contributed by atoms with Gasteiger partial charge in [-0.2, -0.15) is 10.3 Å². The lowest BCUT2D eigenvalue weighted by Gasteiger charge is -2.35. The van der Waals surface area contributed by atoms with Crippen molar-refractivity contribution >= 4 is 17.5 Å². The largest absolute Gasteiger partial charge is 0.355 e. The number of H-pyrrole nitrogens is 1. The van der Waals surface area contributed by atoms with Gasteiger partial charge in [-0.15, -0.1) is 5.10 Å². The molecule has 0 saturated carbocycles. The zero-order valence-electron chi connectivity index (χ0n) is 12.9. The minimum absolute atomic E-state index is 0.0468. The lowest BCUT2D eigenvalue weighted by Crippen LogP contribution is -2.44. The van der Waals surface area contributed by atoms with Crippen molar-refractivity contribution in [2.24, 2.45) is 5.92 Å². The number of anilines is 2. The molecule has 1 amide bonds. The summed E-state index contributed by atoms with van der Waals surface area (Å²) in [5.41, 5.74) is 0.904. The van der Waals surface area contributed by atoms with Gasteiger partial charge in [0.25, 0.3) is 0 Å². The number of carbonyl (C=O) groups is 1. The van der Waals surface area contributed by atoms with E-state index in [9.17, 15) is 4.79 Å². The van der Waals surface area contributed by atoms with Crippen LogP contribution in [0, 0.1) is 5.92 Å². The second-order valence-electron chi connectivity index (χ2n) is 6.01. The number of hydrogen-bond acceptors (Lipinski definition) is 6. The van der Waals surface area contributed by atoms with Gasteiger partial charge in [0, 0.05) is 37.9 Å². The van der Waals surface area contributed by atoms with Crippen molar-refractivity contribution in [1.82, 2.24) is 25.4 Å². The fraction of sp³-hybridized carbons (Fsp3) is 0.533. The van der Waals surface area contributed by atoms with Crippen molar-refractivity contribution in [3.8, 4) is 0 Å². The number of rotatable bonds is 2. The Morgan fingerprint density at radius 3 is 2.83 bits per heavy atom. The fourth-order valence-corrected chi connectivity index (χ4v) is 3.39. The number of nitrogens with one attached hydrogen (secondary N) is 1. The first kappa shape index (κ1) is 14.1. The number of amides is 1. The van der Waals surface area contributed by atoms with E-state index in [1.54, 1.807) is 18.6 Å². The third-order valence-electron chi connectivity index (χ3n) is 4.63. The van der Waals surface area contributed by atoms with E-state index in [1.807, 2.05) is 4.90 Å². The van der Waals surface area contributed by atoms with Crippen LogP contribution < -0.4 is 9.80 Å². The second kappa shape index (κ2) is 5.94. The van der Waals surface area contributed by atoms with Crippen LogP contribution in [0.2, 0.25) is 0 Å². The van der Waals surface area contributed by atoms with Gasteiger partial charge in [-0.1, -0.05) is 0 Å². The molecule has 2 aliphatic rings. The first-order chi connectivity index (χ1) is 11.3. The number of aromatic nitrogens is 5. The predicted octanol–water partition coefficient (Wildman–Crippen LogP) is 0.790. The minimum atomic E-state index is 0.0468. The van der Waals surface area contributed by atoms with E-state index in [0.29, 0.717) is 0 Å². The van der Waals surface area contributed by atoms with E-state index in [2.05, 4.69) is 30.3 Å². The highest BCUT2D eigenvalue weighted by molar-refractivity contribution is 5.95. The Balaban J connectivity index is 1.42. The number of aromatic amines is 1. The van der Waals surface area contributed by atoms with Crippen LogP contribution in [0.25, 0.3) is 0 Å². The SMILES string of the molecule is O=C(C1CCN(c2cnccn2)CC1)N1CCCc2n[nH]nc21. The molecule has 0 aromatic carbocycles. The molecule has 0 spiro atoms. The average Bonchev–Trinajstić information content (AvgIpc) is 3.11. The maximum atomic E-state index is 12.9. The van der Waals surface area contributed by atoms with Crippen molar-refractivity contribution in [3.05, 3.63) is 24.3 Å². The van der Waals surface area contributed by atoms with Gasteiger partial charge >= 0.3 is 0 Å². The highest BCUT2D eigenvalue weighted by atomic mass is 16.2. The summed E-state index contributed by atoms with van der Waals surface area (Å²) in [6.07, 6.45) is 8.65. The van der Waals surface area contributed by atoms with Crippen molar-refractivity contribution in [2.45, 2.75) is 25.7 Å². The molecular formula is C15H19N7O. The Morgan fingerprint density at radius 2 is 2.04 bits per heavy atom. The zero-order chi connectivity index (χ0) is 15.6. The smallest absolute Gasteiger partial charge is 0.231 e. The first-order valence-electron chi connectivity index (χ1n) is 8.05. The van der Waals surface area contributed by atoms with E-state index in [-0.39, 0.29) is 11.8 Å². The molecule has 1 saturated heterocycles. The van der Waals surface area contributed by atoms with Gasteiger partial charge in [0.1, 0.15) is 11.5 Å². The van der Waals surface area contributed by atoms with Gasteiger partial charge in [-0.05, 0) is 25.7 Å². The summed E-state index contributed by atoms with van der Waals surface area (Å²) in [6, 6.07) is 0. The molecule has 2 aromatic heterocycles. The standard InChI is InChI=1S/C15H19N7O/c23-15(22-7-1-2-12-14(22)19-20-18-12)11-3-8-21(9-4-11)13-10-16-5-6-17-13/h5-6,10-11H,1-4,7-9H2,(H,18,19,20). The minimum Gasteiger partial charge on any atom is -0.355 e. The van der Waals surface area contributed by atoms with Gasteiger partial charge in [-0.25, -0.2) is 4.98 Å². The van der Waals surface area contributed by atoms with E-state index in [0.717, 1.165) is 62.6 Å². The van der Waals surface area contributed by atoms with Crippen molar-refractivity contribution < 1.29 is 4.79 Å².